The highest BCUT2D eigenvalue weighted by atomic mass is 16.1. The van der Waals surface area contributed by atoms with E-state index >= 15 is 0 Å². The van der Waals surface area contributed by atoms with Crippen LogP contribution in [0.4, 0.5) is 11.4 Å². The Bertz CT molecular complexity index is 749. The summed E-state index contributed by atoms with van der Waals surface area (Å²) >= 11 is 0. The topological polar surface area (TPSA) is 48.1 Å². The third-order valence-electron chi connectivity index (χ3n) is 3.67. The minimum absolute atomic E-state index is 0.139. The maximum absolute atomic E-state index is 12.0. The zero-order valence-corrected chi connectivity index (χ0v) is 13.0. The number of hydrogen-bond acceptors (Lipinski definition) is 2. The van der Waals surface area contributed by atoms with Gasteiger partial charge in [-0.3, -0.25) is 4.79 Å². The number of nitrogens with one attached hydrogen (secondary N) is 2. The van der Waals surface area contributed by atoms with E-state index in [9.17, 15) is 4.79 Å². The number of hydrogen-bond donors (Lipinski definition) is 2. The Morgan fingerprint density at radius 3 is 2.39 bits per heavy atom. The molecule has 0 spiro atoms. The van der Waals surface area contributed by atoms with Crippen LogP contribution in [-0.2, 0) is 6.54 Å². The molecule has 0 unspecified atom stereocenters. The summed E-state index contributed by atoms with van der Waals surface area (Å²) in [4.78, 5) is 17.0. The van der Waals surface area contributed by atoms with Crippen molar-refractivity contribution in [3.8, 4) is 0 Å². The number of aromatic amines is 1. The van der Waals surface area contributed by atoms with E-state index in [1.165, 1.54) is 5.56 Å². The van der Waals surface area contributed by atoms with Gasteiger partial charge in [0.1, 0.15) is 5.69 Å². The molecule has 4 nitrogen and oxygen atoms in total. The molecule has 0 atom stereocenters. The molecule has 0 aliphatic rings. The summed E-state index contributed by atoms with van der Waals surface area (Å²) in [5.74, 6) is -0.139. The molecule has 1 amide bonds. The first-order chi connectivity index (χ1) is 11.2. The highest BCUT2D eigenvalue weighted by molar-refractivity contribution is 6.02. The maximum Gasteiger partial charge on any atom is 0.272 e. The van der Waals surface area contributed by atoms with Gasteiger partial charge in [0.25, 0.3) is 5.91 Å². The average Bonchev–Trinajstić information content (AvgIpc) is 3.11. The second kappa shape index (κ2) is 6.83. The van der Waals surface area contributed by atoms with Crippen LogP contribution >= 0.6 is 0 Å². The van der Waals surface area contributed by atoms with Gasteiger partial charge in [-0.2, -0.15) is 0 Å². The molecule has 0 saturated carbocycles. The lowest BCUT2D eigenvalue weighted by Gasteiger charge is -2.19. The zero-order chi connectivity index (χ0) is 16.1. The third kappa shape index (κ3) is 3.80. The highest BCUT2D eigenvalue weighted by Crippen LogP contribution is 2.19. The SMILES string of the molecule is CN(Cc1ccccc1)c1ccc(NC(=O)c2ccc[nH]2)cc1. The Labute approximate surface area is 135 Å². The van der Waals surface area contributed by atoms with Crippen LogP contribution in [-0.4, -0.2) is 17.9 Å². The van der Waals surface area contributed by atoms with Crippen molar-refractivity contribution in [2.24, 2.45) is 0 Å². The molecule has 23 heavy (non-hydrogen) atoms. The monoisotopic (exact) mass is 305 g/mol. The molecular weight excluding hydrogens is 286 g/mol. The van der Waals surface area contributed by atoms with Crippen LogP contribution in [0, 0.1) is 0 Å². The average molecular weight is 305 g/mol. The van der Waals surface area contributed by atoms with Crippen LogP contribution < -0.4 is 10.2 Å². The number of aromatic nitrogens is 1. The van der Waals surface area contributed by atoms with Crippen molar-refractivity contribution in [3.05, 3.63) is 84.2 Å². The van der Waals surface area contributed by atoms with Gasteiger partial charge in [0.15, 0.2) is 0 Å². The number of rotatable bonds is 5. The van der Waals surface area contributed by atoms with E-state index in [0.717, 1.165) is 17.9 Å². The minimum atomic E-state index is -0.139. The quantitative estimate of drug-likeness (QED) is 0.751. The van der Waals surface area contributed by atoms with Gasteiger partial charge in [0, 0.05) is 31.2 Å². The summed E-state index contributed by atoms with van der Waals surface area (Å²) in [7, 11) is 2.06. The van der Waals surface area contributed by atoms with Gasteiger partial charge in [-0.15, -0.1) is 0 Å². The number of carbonyl (C=O) groups excluding carboxylic acids is 1. The zero-order valence-electron chi connectivity index (χ0n) is 13.0. The largest absolute Gasteiger partial charge is 0.370 e. The molecule has 0 aliphatic carbocycles. The van der Waals surface area contributed by atoms with Crippen molar-refractivity contribution in [3.63, 3.8) is 0 Å². The Balaban J connectivity index is 1.63. The van der Waals surface area contributed by atoms with Crippen molar-refractivity contribution >= 4 is 17.3 Å². The van der Waals surface area contributed by atoms with Gasteiger partial charge in [0.2, 0.25) is 0 Å². The van der Waals surface area contributed by atoms with E-state index in [-0.39, 0.29) is 5.91 Å². The summed E-state index contributed by atoms with van der Waals surface area (Å²) in [6, 6.07) is 21.7. The summed E-state index contributed by atoms with van der Waals surface area (Å²) in [6.45, 7) is 0.842. The molecule has 2 aromatic carbocycles. The molecule has 3 rings (SSSR count). The minimum Gasteiger partial charge on any atom is -0.370 e. The lowest BCUT2D eigenvalue weighted by molar-refractivity contribution is 0.102. The standard InChI is InChI=1S/C19H19N3O/c1-22(14-15-6-3-2-4-7-15)17-11-9-16(10-12-17)21-19(23)18-8-5-13-20-18/h2-13,20H,14H2,1H3,(H,21,23). The van der Waals surface area contributed by atoms with Crippen LogP contribution in [0.1, 0.15) is 16.1 Å². The lowest BCUT2D eigenvalue weighted by atomic mass is 10.2. The fourth-order valence-corrected chi connectivity index (χ4v) is 2.42. The predicted molar refractivity (Wildman–Crippen MR) is 93.7 cm³/mol. The molecule has 1 heterocycles. The van der Waals surface area contributed by atoms with E-state index in [1.54, 1.807) is 18.3 Å². The summed E-state index contributed by atoms with van der Waals surface area (Å²) in [5, 5.41) is 2.87. The second-order valence-corrected chi connectivity index (χ2v) is 5.43. The number of amides is 1. The van der Waals surface area contributed by atoms with Crippen LogP contribution in [0.15, 0.2) is 72.9 Å². The van der Waals surface area contributed by atoms with E-state index in [2.05, 4.69) is 34.4 Å². The smallest absolute Gasteiger partial charge is 0.272 e. The van der Waals surface area contributed by atoms with Crippen molar-refractivity contribution in [1.82, 2.24) is 4.98 Å². The second-order valence-electron chi connectivity index (χ2n) is 5.43. The Morgan fingerprint density at radius 2 is 1.74 bits per heavy atom. The van der Waals surface area contributed by atoms with E-state index in [1.807, 2.05) is 42.5 Å². The van der Waals surface area contributed by atoms with Crippen LogP contribution in [0.3, 0.4) is 0 Å². The molecule has 4 heteroatoms. The van der Waals surface area contributed by atoms with Crippen LogP contribution in [0.2, 0.25) is 0 Å². The van der Waals surface area contributed by atoms with Crippen LogP contribution in [0.5, 0.6) is 0 Å². The van der Waals surface area contributed by atoms with E-state index in [4.69, 9.17) is 0 Å². The Hall–Kier alpha value is -3.01. The van der Waals surface area contributed by atoms with Crippen LogP contribution in [0.25, 0.3) is 0 Å². The predicted octanol–water partition coefficient (Wildman–Crippen LogP) is 3.90. The van der Waals surface area contributed by atoms with E-state index in [0.29, 0.717) is 5.69 Å². The van der Waals surface area contributed by atoms with Crippen molar-refractivity contribution < 1.29 is 4.79 Å². The summed E-state index contributed by atoms with van der Waals surface area (Å²) in [5.41, 5.74) is 3.70. The lowest BCUT2D eigenvalue weighted by Crippen LogP contribution is -2.16. The van der Waals surface area contributed by atoms with Crippen molar-refractivity contribution in [1.29, 1.82) is 0 Å². The number of benzene rings is 2. The van der Waals surface area contributed by atoms with Gasteiger partial charge in [-0.1, -0.05) is 30.3 Å². The molecule has 2 N–H and O–H groups in total. The molecular formula is C19H19N3O. The first-order valence-corrected chi connectivity index (χ1v) is 7.52. The maximum atomic E-state index is 12.0. The van der Waals surface area contributed by atoms with Gasteiger partial charge < -0.3 is 15.2 Å². The number of carbonyl (C=O) groups is 1. The summed E-state index contributed by atoms with van der Waals surface area (Å²) in [6.07, 6.45) is 1.73. The molecule has 1 aromatic heterocycles. The molecule has 0 fully saturated rings. The van der Waals surface area contributed by atoms with Crippen molar-refractivity contribution in [2.45, 2.75) is 6.54 Å². The van der Waals surface area contributed by atoms with E-state index < -0.39 is 0 Å². The highest BCUT2D eigenvalue weighted by Gasteiger charge is 2.07. The third-order valence-corrected chi connectivity index (χ3v) is 3.67. The number of anilines is 2. The molecule has 3 aromatic rings. The van der Waals surface area contributed by atoms with Gasteiger partial charge in [0.05, 0.1) is 0 Å². The Kier molecular flexibility index (Phi) is 4.43. The van der Waals surface area contributed by atoms with Crippen molar-refractivity contribution in [2.75, 3.05) is 17.3 Å². The van der Waals surface area contributed by atoms with Gasteiger partial charge in [-0.05, 0) is 42.0 Å². The molecule has 0 radical (unpaired) electrons. The molecule has 0 saturated heterocycles. The molecule has 116 valence electrons. The summed E-state index contributed by atoms with van der Waals surface area (Å²) < 4.78 is 0. The fourth-order valence-electron chi connectivity index (χ4n) is 2.42. The first kappa shape index (κ1) is 14.9. The van der Waals surface area contributed by atoms with Gasteiger partial charge in [-0.25, -0.2) is 0 Å². The first-order valence-electron chi connectivity index (χ1n) is 7.52. The fraction of sp³-hybridized carbons (Fsp3) is 0.105. The van der Waals surface area contributed by atoms with Gasteiger partial charge >= 0.3 is 0 Å². The molecule has 0 bridgehead atoms. The normalized spacial score (nSPS) is 10.3. The number of nitrogens with zero attached hydrogens (tertiary/aromatic N) is 1. The Morgan fingerprint density at radius 1 is 1.00 bits per heavy atom. The molecule has 0 aliphatic heterocycles. The number of H-pyrrole nitrogens is 1.